The number of hydrogen-bond donors (Lipinski definition) is 0. The van der Waals surface area contributed by atoms with Crippen molar-refractivity contribution in [2.75, 3.05) is 13.2 Å². The molecule has 6 heteroatoms. The largest absolute Gasteiger partial charge is 0.352 e. The van der Waals surface area contributed by atoms with E-state index < -0.39 is 17.5 Å². The lowest BCUT2D eigenvalue weighted by Crippen LogP contribution is -2.32. The molecule has 0 amide bonds. The molecular formula is C29H30F4O2. The van der Waals surface area contributed by atoms with Crippen molar-refractivity contribution >= 4 is 10.8 Å². The zero-order valence-electron chi connectivity index (χ0n) is 19.8. The monoisotopic (exact) mass is 486 g/mol. The third-order valence-corrected chi connectivity index (χ3v) is 6.51. The standard InChI is InChI=1S/C29H30F4O2/c1-2-3-4-5-21-17-34-27(35-18-21)13-8-19-7-12-24-23(14-19)11-10-22(28(24)32)9-6-20-15-25(30)29(33)26(31)16-20/h2-3,7,10-12,14-16,21,27H,4-6,8-9,13,17-18H2,1H3/b3-2+. The maximum atomic E-state index is 15.1. The lowest BCUT2D eigenvalue weighted by molar-refractivity contribution is -0.203. The van der Waals surface area contributed by atoms with E-state index in [4.69, 9.17) is 9.47 Å². The summed E-state index contributed by atoms with van der Waals surface area (Å²) in [7, 11) is 0. The zero-order chi connectivity index (χ0) is 24.8. The summed E-state index contributed by atoms with van der Waals surface area (Å²) in [6, 6.07) is 11.1. The Hall–Kier alpha value is -2.70. The van der Waals surface area contributed by atoms with Crippen molar-refractivity contribution in [1.82, 2.24) is 0 Å². The van der Waals surface area contributed by atoms with Crippen LogP contribution in [0.25, 0.3) is 10.8 Å². The van der Waals surface area contributed by atoms with E-state index in [2.05, 4.69) is 12.2 Å². The van der Waals surface area contributed by atoms with Gasteiger partial charge in [0.1, 0.15) is 5.82 Å². The highest BCUT2D eigenvalue weighted by molar-refractivity contribution is 5.84. The lowest BCUT2D eigenvalue weighted by atomic mass is 9.98. The van der Waals surface area contributed by atoms with Gasteiger partial charge in [-0.15, -0.1) is 0 Å². The minimum absolute atomic E-state index is 0.201. The molecule has 3 aromatic carbocycles. The topological polar surface area (TPSA) is 18.5 Å². The second kappa shape index (κ2) is 11.8. The fourth-order valence-corrected chi connectivity index (χ4v) is 4.47. The Morgan fingerprint density at radius 3 is 2.26 bits per heavy atom. The molecule has 0 radical (unpaired) electrons. The highest BCUT2D eigenvalue weighted by Crippen LogP contribution is 2.26. The Labute approximate surface area is 203 Å². The molecule has 4 rings (SSSR count). The van der Waals surface area contributed by atoms with Crippen LogP contribution < -0.4 is 0 Å². The molecule has 0 aliphatic carbocycles. The van der Waals surface area contributed by atoms with Gasteiger partial charge in [0.2, 0.25) is 0 Å². The van der Waals surface area contributed by atoms with Gasteiger partial charge < -0.3 is 9.47 Å². The number of fused-ring (bicyclic) bond motifs is 1. The minimum atomic E-state index is -1.49. The predicted octanol–water partition coefficient (Wildman–Crippen LogP) is 7.46. The summed E-state index contributed by atoms with van der Waals surface area (Å²) < 4.78 is 66.9. The SMILES string of the molecule is C/C=C/CCC1COC(CCc2ccc3c(F)c(CCc4cc(F)c(F)c(F)c4)ccc3c2)OC1. The Bertz CT molecular complexity index is 1160. The fraction of sp³-hybridized carbons (Fsp3) is 0.379. The van der Waals surface area contributed by atoms with Crippen molar-refractivity contribution in [1.29, 1.82) is 0 Å². The zero-order valence-corrected chi connectivity index (χ0v) is 19.8. The summed E-state index contributed by atoms with van der Waals surface area (Å²) in [4.78, 5) is 0. The summed E-state index contributed by atoms with van der Waals surface area (Å²) in [5.74, 6) is -3.88. The summed E-state index contributed by atoms with van der Waals surface area (Å²) in [6.45, 7) is 3.45. The molecule has 3 aromatic rings. The normalized spacial score (nSPS) is 18.5. The highest BCUT2D eigenvalue weighted by Gasteiger charge is 2.21. The second-order valence-electron chi connectivity index (χ2n) is 9.11. The van der Waals surface area contributed by atoms with Crippen LogP contribution >= 0.6 is 0 Å². The van der Waals surface area contributed by atoms with E-state index in [0.717, 1.165) is 48.8 Å². The first-order chi connectivity index (χ1) is 16.9. The van der Waals surface area contributed by atoms with Crippen molar-refractivity contribution in [2.45, 2.75) is 51.7 Å². The molecule has 2 nitrogen and oxygen atoms in total. The van der Waals surface area contributed by atoms with Gasteiger partial charge in [0.15, 0.2) is 23.7 Å². The van der Waals surface area contributed by atoms with Crippen LogP contribution in [-0.2, 0) is 28.7 Å². The van der Waals surface area contributed by atoms with Crippen LogP contribution in [0.5, 0.6) is 0 Å². The average Bonchev–Trinajstić information content (AvgIpc) is 2.86. The van der Waals surface area contributed by atoms with Crippen LogP contribution in [0.1, 0.15) is 42.9 Å². The van der Waals surface area contributed by atoms with Crippen molar-refractivity contribution < 1.29 is 27.0 Å². The van der Waals surface area contributed by atoms with E-state index in [1.807, 2.05) is 25.1 Å². The second-order valence-corrected chi connectivity index (χ2v) is 9.11. The number of hydrogen-bond acceptors (Lipinski definition) is 2. The quantitative estimate of drug-likeness (QED) is 0.178. The van der Waals surface area contributed by atoms with Crippen molar-refractivity contribution in [3.63, 3.8) is 0 Å². The number of rotatable bonds is 9. The Morgan fingerprint density at radius 1 is 0.800 bits per heavy atom. The van der Waals surface area contributed by atoms with E-state index in [9.17, 15) is 13.2 Å². The first-order valence-electron chi connectivity index (χ1n) is 12.1. The van der Waals surface area contributed by atoms with Gasteiger partial charge in [0.25, 0.3) is 0 Å². The van der Waals surface area contributed by atoms with Gasteiger partial charge in [-0.05, 0) is 73.2 Å². The summed E-state index contributed by atoms with van der Waals surface area (Å²) in [5.41, 5.74) is 1.81. The third-order valence-electron chi connectivity index (χ3n) is 6.51. The van der Waals surface area contributed by atoms with E-state index in [1.165, 1.54) is 0 Å². The van der Waals surface area contributed by atoms with Gasteiger partial charge >= 0.3 is 0 Å². The van der Waals surface area contributed by atoms with Crippen LogP contribution in [0.2, 0.25) is 0 Å². The molecule has 1 aliphatic heterocycles. The molecule has 0 atom stereocenters. The smallest absolute Gasteiger partial charge is 0.194 e. The molecule has 0 aromatic heterocycles. The first kappa shape index (κ1) is 25.4. The number of ether oxygens (including phenoxy) is 2. The number of aryl methyl sites for hydroxylation is 3. The Morgan fingerprint density at radius 2 is 1.54 bits per heavy atom. The van der Waals surface area contributed by atoms with E-state index in [-0.39, 0.29) is 30.5 Å². The number of halogens is 4. The van der Waals surface area contributed by atoms with Crippen LogP contribution in [0.15, 0.2) is 54.6 Å². The first-order valence-corrected chi connectivity index (χ1v) is 12.1. The highest BCUT2D eigenvalue weighted by atomic mass is 19.2. The Kier molecular flexibility index (Phi) is 8.58. The van der Waals surface area contributed by atoms with Crippen LogP contribution in [-0.4, -0.2) is 19.5 Å². The molecule has 0 unspecified atom stereocenters. The summed E-state index contributed by atoms with van der Waals surface area (Å²) in [6.07, 6.45) is 8.04. The van der Waals surface area contributed by atoms with E-state index >= 15 is 4.39 Å². The molecule has 0 N–H and O–H groups in total. The van der Waals surface area contributed by atoms with Crippen LogP contribution in [0.4, 0.5) is 17.6 Å². The van der Waals surface area contributed by atoms with Gasteiger partial charge in [0.05, 0.1) is 13.2 Å². The lowest BCUT2D eigenvalue weighted by Gasteiger charge is -2.29. The molecule has 1 fully saturated rings. The minimum Gasteiger partial charge on any atom is -0.352 e. The molecule has 1 aliphatic rings. The van der Waals surface area contributed by atoms with E-state index in [0.29, 0.717) is 30.1 Å². The maximum Gasteiger partial charge on any atom is 0.194 e. The Balaban J connectivity index is 1.33. The number of allylic oxidation sites excluding steroid dienone is 2. The molecule has 1 saturated heterocycles. The summed E-state index contributed by atoms with van der Waals surface area (Å²) >= 11 is 0. The maximum absolute atomic E-state index is 15.1. The van der Waals surface area contributed by atoms with Gasteiger partial charge in [0, 0.05) is 17.7 Å². The summed E-state index contributed by atoms with van der Waals surface area (Å²) in [5, 5.41) is 1.29. The molecule has 0 spiro atoms. The third kappa shape index (κ3) is 6.50. The van der Waals surface area contributed by atoms with Gasteiger partial charge in [-0.3, -0.25) is 0 Å². The molecule has 1 heterocycles. The molecule has 0 saturated carbocycles. The molecular weight excluding hydrogens is 456 g/mol. The van der Waals surface area contributed by atoms with Gasteiger partial charge in [-0.2, -0.15) is 0 Å². The molecule has 186 valence electrons. The predicted molar refractivity (Wildman–Crippen MR) is 129 cm³/mol. The van der Waals surface area contributed by atoms with Gasteiger partial charge in [-0.1, -0.05) is 42.5 Å². The molecule has 0 bridgehead atoms. The van der Waals surface area contributed by atoms with Crippen molar-refractivity contribution in [3.05, 3.63) is 94.6 Å². The van der Waals surface area contributed by atoms with Crippen LogP contribution in [0.3, 0.4) is 0 Å². The van der Waals surface area contributed by atoms with Crippen molar-refractivity contribution in [2.24, 2.45) is 5.92 Å². The molecule has 35 heavy (non-hydrogen) atoms. The van der Waals surface area contributed by atoms with Crippen LogP contribution in [0, 0.1) is 29.2 Å². The number of benzene rings is 3. The van der Waals surface area contributed by atoms with Gasteiger partial charge in [-0.25, -0.2) is 17.6 Å². The van der Waals surface area contributed by atoms with Crippen molar-refractivity contribution in [3.8, 4) is 0 Å². The average molecular weight is 487 g/mol. The van der Waals surface area contributed by atoms with E-state index in [1.54, 1.807) is 12.1 Å². The fourth-order valence-electron chi connectivity index (χ4n) is 4.47.